The fourth-order valence-electron chi connectivity index (χ4n) is 1.86. The van der Waals surface area contributed by atoms with E-state index in [9.17, 15) is 8.42 Å². The van der Waals surface area contributed by atoms with E-state index in [1.54, 1.807) is 24.3 Å². The number of sulfonamides is 1. The maximum Gasteiger partial charge on any atom is 0.256 e. The quantitative estimate of drug-likeness (QED) is 0.649. The Balaban J connectivity index is 2.29. The molecule has 0 aliphatic heterocycles. The fraction of sp³-hybridized carbons (Fsp3) is 0.600. The molecule has 0 amide bonds. The molecule has 0 unspecified atom stereocenters. The van der Waals surface area contributed by atoms with Gasteiger partial charge in [0.15, 0.2) is 0 Å². The summed E-state index contributed by atoms with van der Waals surface area (Å²) in [5, 5.41) is 0. The average Bonchev–Trinajstić information content (AvgIpc) is 2.38. The summed E-state index contributed by atoms with van der Waals surface area (Å²) < 4.78 is 27.7. The Kier molecular flexibility index (Phi) is 7.10. The molecule has 0 aromatic heterocycles. The van der Waals surface area contributed by atoms with Gasteiger partial charge in [-0.05, 0) is 25.5 Å². The predicted molar refractivity (Wildman–Crippen MR) is 78.7 cm³/mol. The van der Waals surface area contributed by atoms with Crippen LogP contribution in [0.5, 0.6) is 0 Å². The molecule has 3 nitrogen and oxygen atoms in total. The minimum Gasteiger partial charge on any atom is -0.206 e. The molecule has 0 bridgehead atoms. The van der Waals surface area contributed by atoms with Gasteiger partial charge in [-0.15, -0.1) is 4.72 Å². The van der Waals surface area contributed by atoms with Crippen LogP contribution in [0, 0.1) is 6.92 Å². The fourth-order valence-corrected chi connectivity index (χ4v) is 2.86. The van der Waals surface area contributed by atoms with Crippen molar-refractivity contribution in [3.8, 4) is 0 Å². The lowest BCUT2D eigenvalue weighted by Gasteiger charge is -2.05. The third kappa shape index (κ3) is 6.21. The Morgan fingerprint density at radius 1 is 0.947 bits per heavy atom. The lowest BCUT2D eigenvalue weighted by Crippen LogP contribution is -2.17. The van der Waals surface area contributed by atoms with E-state index in [2.05, 4.69) is 11.6 Å². The summed E-state index contributed by atoms with van der Waals surface area (Å²) in [7, 11) is -3.45. The van der Waals surface area contributed by atoms with Crippen LogP contribution in [0.3, 0.4) is 0 Å². The molecule has 0 atom stereocenters. The van der Waals surface area contributed by atoms with E-state index >= 15 is 0 Å². The maximum atomic E-state index is 11.9. The highest BCUT2D eigenvalue weighted by Crippen LogP contribution is 2.11. The number of rotatable bonds is 9. The van der Waals surface area contributed by atoms with Gasteiger partial charge in [0, 0.05) is 6.54 Å². The SMILES string of the molecule is CCCCCCCC[N]S(=O)(=O)c1ccc(C)cc1. The predicted octanol–water partition coefficient (Wildman–Crippen LogP) is 3.65. The van der Waals surface area contributed by atoms with Crippen molar-refractivity contribution in [2.45, 2.75) is 57.3 Å². The van der Waals surface area contributed by atoms with Crippen LogP contribution in [0.25, 0.3) is 0 Å². The first-order chi connectivity index (χ1) is 9.06. The number of unbranched alkanes of at least 4 members (excludes halogenated alkanes) is 5. The lowest BCUT2D eigenvalue weighted by molar-refractivity contribution is 0.565. The molecule has 1 aromatic rings. The summed E-state index contributed by atoms with van der Waals surface area (Å²) in [4.78, 5) is 0.295. The first-order valence-corrected chi connectivity index (χ1v) is 8.50. The molecule has 107 valence electrons. The van der Waals surface area contributed by atoms with Crippen LogP contribution in [0.4, 0.5) is 0 Å². The molecule has 1 aromatic carbocycles. The van der Waals surface area contributed by atoms with Gasteiger partial charge in [-0.3, -0.25) is 0 Å². The molecule has 19 heavy (non-hydrogen) atoms. The Hall–Kier alpha value is -0.870. The Morgan fingerprint density at radius 3 is 2.16 bits per heavy atom. The second kappa shape index (κ2) is 8.33. The molecule has 0 heterocycles. The smallest absolute Gasteiger partial charge is 0.206 e. The highest BCUT2D eigenvalue weighted by atomic mass is 32.2. The highest BCUT2D eigenvalue weighted by molar-refractivity contribution is 7.89. The zero-order valence-corrected chi connectivity index (χ0v) is 12.7. The van der Waals surface area contributed by atoms with Gasteiger partial charge < -0.3 is 0 Å². The van der Waals surface area contributed by atoms with E-state index in [0.717, 1.165) is 18.4 Å². The number of nitrogens with zero attached hydrogens (tertiary/aromatic N) is 1. The van der Waals surface area contributed by atoms with E-state index in [4.69, 9.17) is 0 Å². The van der Waals surface area contributed by atoms with Gasteiger partial charge in [0.05, 0.1) is 4.90 Å². The van der Waals surface area contributed by atoms with Gasteiger partial charge in [0.1, 0.15) is 0 Å². The van der Waals surface area contributed by atoms with Crippen LogP contribution in [-0.4, -0.2) is 15.0 Å². The van der Waals surface area contributed by atoms with Crippen LogP contribution in [-0.2, 0) is 10.0 Å². The van der Waals surface area contributed by atoms with Crippen molar-refractivity contribution in [3.63, 3.8) is 0 Å². The van der Waals surface area contributed by atoms with Crippen LogP contribution in [0.1, 0.15) is 51.0 Å². The highest BCUT2D eigenvalue weighted by Gasteiger charge is 2.14. The number of hydrogen-bond acceptors (Lipinski definition) is 2. The second-order valence-corrected chi connectivity index (χ2v) is 6.59. The molecule has 0 spiro atoms. The second-order valence-electron chi connectivity index (χ2n) is 4.91. The minimum absolute atomic E-state index is 0.295. The third-order valence-electron chi connectivity index (χ3n) is 3.09. The first kappa shape index (κ1) is 16.2. The molecule has 1 radical (unpaired) electrons. The zero-order chi connectivity index (χ0) is 14.1. The van der Waals surface area contributed by atoms with E-state index in [1.165, 1.54) is 25.7 Å². The molecule has 4 heteroatoms. The summed E-state index contributed by atoms with van der Waals surface area (Å²) in [5.74, 6) is 0. The third-order valence-corrected chi connectivity index (χ3v) is 4.48. The van der Waals surface area contributed by atoms with Crippen LogP contribution in [0.2, 0.25) is 0 Å². The first-order valence-electron chi connectivity index (χ1n) is 7.06. The molecule has 0 aliphatic carbocycles. The topological polar surface area (TPSA) is 48.2 Å². The number of hydrogen-bond donors (Lipinski definition) is 0. The van der Waals surface area contributed by atoms with Crippen molar-refractivity contribution in [2.75, 3.05) is 6.54 Å². The number of aryl methyl sites for hydroxylation is 1. The molecular weight excluding hydrogens is 258 g/mol. The summed E-state index contributed by atoms with van der Waals surface area (Å²) in [5.41, 5.74) is 1.05. The molecule has 0 N–H and O–H groups in total. The molecular formula is C15H24NO2S. The maximum absolute atomic E-state index is 11.9. The average molecular weight is 282 g/mol. The summed E-state index contributed by atoms with van der Waals surface area (Å²) in [6.45, 7) is 4.52. The van der Waals surface area contributed by atoms with E-state index < -0.39 is 10.0 Å². The van der Waals surface area contributed by atoms with Crippen LogP contribution >= 0.6 is 0 Å². The van der Waals surface area contributed by atoms with Crippen molar-refractivity contribution >= 4 is 10.0 Å². The van der Waals surface area contributed by atoms with Crippen molar-refractivity contribution in [1.29, 1.82) is 0 Å². The monoisotopic (exact) mass is 282 g/mol. The largest absolute Gasteiger partial charge is 0.256 e. The van der Waals surface area contributed by atoms with Gasteiger partial charge in [0.25, 0.3) is 10.0 Å². The normalized spacial score (nSPS) is 11.7. The van der Waals surface area contributed by atoms with Gasteiger partial charge in [0.2, 0.25) is 0 Å². The molecule has 0 fully saturated rings. The summed E-state index contributed by atoms with van der Waals surface area (Å²) >= 11 is 0. The molecule has 0 saturated heterocycles. The van der Waals surface area contributed by atoms with Crippen molar-refractivity contribution in [2.24, 2.45) is 0 Å². The van der Waals surface area contributed by atoms with Gasteiger partial charge >= 0.3 is 0 Å². The van der Waals surface area contributed by atoms with E-state index in [1.807, 2.05) is 6.92 Å². The Morgan fingerprint density at radius 2 is 1.53 bits per heavy atom. The molecule has 1 rings (SSSR count). The van der Waals surface area contributed by atoms with Crippen molar-refractivity contribution in [3.05, 3.63) is 29.8 Å². The van der Waals surface area contributed by atoms with Crippen LogP contribution in [0.15, 0.2) is 29.2 Å². The number of benzene rings is 1. The lowest BCUT2D eigenvalue weighted by atomic mass is 10.1. The van der Waals surface area contributed by atoms with Crippen molar-refractivity contribution in [1.82, 2.24) is 4.72 Å². The Bertz CT molecular complexity index is 452. The Labute approximate surface area is 117 Å². The summed E-state index contributed by atoms with van der Waals surface area (Å²) in [6, 6.07) is 6.84. The standard InChI is InChI=1S/C15H24NO2S/c1-3-4-5-6-7-8-13-16-19(17,18)15-11-9-14(2)10-12-15/h9-12H,3-8,13H2,1-2H3. The van der Waals surface area contributed by atoms with Gasteiger partial charge in [-0.1, -0.05) is 56.7 Å². The molecule has 0 saturated carbocycles. The van der Waals surface area contributed by atoms with Gasteiger partial charge in [-0.25, -0.2) is 8.42 Å². The van der Waals surface area contributed by atoms with E-state index in [-0.39, 0.29) is 0 Å². The minimum atomic E-state index is -3.45. The van der Waals surface area contributed by atoms with Crippen molar-refractivity contribution < 1.29 is 8.42 Å². The van der Waals surface area contributed by atoms with Crippen LogP contribution < -0.4 is 4.72 Å². The van der Waals surface area contributed by atoms with Gasteiger partial charge in [-0.2, -0.15) is 0 Å². The zero-order valence-electron chi connectivity index (χ0n) is 11.9. The summed E-state index contributed by atoms with van der Waals surface area (Å²) in [6.07, 6.45) is 6.82. The van der Waals surface area contributed by atoms with E-state index in [0.29, 0.717) is 11.4 Å². The molecule has 0 aliphatic rings.